The Kier molecular flexibility index (Phi) is 6.95. The molecule has 1 saturated heterocycles. The number of carbonyl (C=O) groups excluding carboxylic acids is 2. The molecule has 0 saturated carbocycles. The van der Waals surface area contributed by atoms with Crippen LogP contribution in [-0.4, -0.2) is 51.5 Å². The summed E-state index contributed by atoms with van der Waals surface area (Å²) in [5.41, 5.74) is 10.5. The Bertz CT molecular complexity index is 935. The monoisotopic (exact) mass is 444 g/mol. The Balaban J connectivity index is 1.73. The minimum Gasteiger partial charge on any atom is -0.392 e. The number of aromatic nitrogens is 1. The fraction of sp³-hybridized carbons (Fsp3) is 0.522. The molecule has 0 aliphatic carbocycles. The fourth-order valence-corrected chi connectivity index (χ4v) is 4.69. The van der Waals surface area contributed by atoms with E-state index in [1.807, 2.05) is 57.2 Å². The van der Waals surface area contributed by atoms with Crippen molar-refractivity contribution in [1.29, 1.82) is 0 Å². The van der Waals surface area contributed by atoms with Crippen LogP contribution >= 0.6 is 11.3 Å². The smallest absolute Gasteiger partial charge is 0.244 e. The van der Waals surface area contributed by atoms with E-state index in [4.69, 9.17) is 5.73 Å². The van der Waals surface area contributed by atoms with Crippen LogP contribution in [0.3, 0.4) is 0 Å². The number of rotatable bonds is 5. The highest BCUT2D eigenvalue weighted by molar-refractivity contribution is 7.13. The van der Waals surface area contributed by atoms with Crippen molar-refractivity contribution in [2.24, 2.45) is 11.1 Å². The highest BCUT2D eigenvalue weighted by Crippen LogP contribution is 2.32. The van der Waals surface area contributed by atoms with Crippen LogP contribution in [0.4, 0.5) is 0 Å². The average Bonchev–Trinajstić information content (AvgIpc) is 3.31. The summed E-state index contributed by atoms with van der Waals surface area (Å²) in [5.74, 6) is -0.902. The lowest BCUT2D eigenvalue weighted by molar-refractivity contribution is -0.135. The summed E-state index contributed by atoms with van der Waals surface area (Å²) in [5, 5.41) is 12.7. The van der Waals surface area contributed by atoms with Crippen LogP contribution in [0.1, 0.15) is 51.4 Å². The van der Waals surface area contributed by atoms with Crippen LogP contribution in [-0.2, 0) is 9.59 Å². The zero-order valence-electron chi connectivity index (χ0n) is 18.8. The van der Waals surface area contributed by atoms with E-state index in [9.17, 15) is 14.7 Å². The van der Waals surface area contributed by atoms with Gasteiger partial charge in [0.15, 0.2) is 0 Å². The largest absolute Gasteiger partial charge is 0.392 e. The quantitative estimate of drug-likeness (QED) is 0.654. The molecule has 0 unspecified atom stereocenters. The van der Waals surface area contributed by atoms with Crippen molar-refractivity contribution in [1.82, 2.24) is 15.2 Å². The summed E-state index contributed by atoms with van der Waals surface area (Å²) in [6, 6.07) is 6.70. The van der Waals surface area contributed by atoms with Crippen LogP contribution in [0.2, 0.25) is 0 Å². The predicted octanol–water partition coefficient (Wildman–Crippen LogP) is 2.63. The lowest BCUT2D eigenvalue weighted by Crippen LogP contribution is -2.54. The number of thiazole rings is 1. The Morgan fingerprint density at radius 1 is 1.29 bits per heavy atom. The summed E-state index contributed by atoms with van der Waals surface area (Å²) in [6.07, 6.45) is -0.337. The van der Waals surface area contributed by atoms with Crippen molar-refractivity contribution in [3.63, 3.8) is 0 Å². The fourth-order valence-electron chi connectivity index (χ4n) is 3.88. The van der Waals surface area contributed by atoms with E-state index in [0.29, 0.717) is 6.54 Å². The van der Waals surface area contributed by atoms with E-state index in [-0.39, 0.29) is 12.5 Å². The number of β-amino-alcohol motifs (C(OH)–C–C–N with tert-alkyl or cyclic N) is 1. The number of hydrogen-bond acceptors (Lipinski definition) is 7. The molecule has 0 bridgehead atoms. The molecule has 168 valence electrons. The van der Waals surface area contributed by atoms with Crippen LogP contribution in [0, 0.1) is 12.3 Å². The van der Waals surface area contributed by atoms with Gasteiger partial charge >= 0.3 is 0 Å². The van der Waals surface area contributed by atoms with E-state index in [0.717, 1.165) is 21.7 Å². The molecule has 1 aliphatic heterocycles. The van der Waals surface area contributed by atoms with Crippen LogP contribution in [0.15, 0.2) is 29.8 Å². The number of aryl methyl sites for hydroxylation is 1. The zero-order chi connectivity index (χ0) is 22.9. The van der Waals surface area contributed by atoms with Gasteiger partial charge in [-0.05, 0) is 36.8 Å². The number of likely N-dealkylation sites (tertiary alicyclic amines) is 1. The second-order valence-corrected chi connectivity index (χ2v) is 10.2. The first-order valence-corrected chi connectivity index (χ1v) is 11.4. The Labute approximate surface area is 187 Å². The Morgan fingerprint density at radius 3 is 2.48 bits per heavy atom. The van der Waals surface area contributed by atoms with Crippen molar-refractivity contribution in [2.75, 3.05) is 6.54 Å². The first-order chi connectivity index (χ1) is 14.5. The summed E-state index contributed by atoms with van der Waals surface area (Å²) >= 11 is 1.61. The van der Waals surface area contributed by atoms with Crippen molar-refractivity contribution in [3.05, 3.63) is 41.0 Å². The number of benzene rings is 1. The van der Waals surface area contributed by atoms with Gasteiger partial charge in [0.25, 0.3) is 0 Å². The second-order valence-electron chi connectivity index (χ2n) is 9.36. The molecule has 1 aromatic heterocycles. The van der Waals surface area contributed by atoms with Crippen molar-refractivity contribution in [2.45, 2.75) is 65.3 Å². The molecule has 8 heteroatoms. The number of nitrogens with one attached hydrogen (secondary N) is 1. The van der Waals surface area contributed by atoms with Crippen LogP contribution in [0.25, 0.3) is 10.4 Å². The number of nitrogens with zero attached hydrogens (tertiary/aromatic N) is 2. The zero-order valence-corrected chi connectivity index (χ0v) is 19.6. The molecule has 1 aliphatic rings. The summed E-state index contributed by atoms with van der Waals surface area (Å²) in [4.78, 5) is 32.7. The van der Waals surface area contributed by atoms with Gasteiger partial charge in [0, 0.05) is 12.6 Å². The minimum absolute atomic E-state index is 0.101. The number of aliphatic hydroxyl groups is 1. The molecule has 7 nitrogen and oxygen atoms in total. The number of aliphatic hydroxyl groups excluding tert-OH is 1. The molecule has 4 atom stereocenters. The molecule has 31 heavy (non-hydrogen) atoms. The highest BCUT2D eigenvalue weighted by Gasteiger charge is 2.40. The molecular formula is C23H32N4O3S. The maximum atomic E-state index is 12.9. The van der Waals surface area contributed by atoms with Gasteiger partial charge in [-0.3, -0.25) is 19.8 Å². The van der Waals surface area contributed by atoms with Gasteiger partial charge in [0.05, 0.1) is 34.3 Å². The van der Waals surface area contributed by atoms with Gasteiger partial charge in [0.1, 0.15) is 0 Å². The molecule has 2 aromatic rings. The molecule has 1 fully saturated rings. The summed E-state index contributed by atoms with van der Waals surface area (Å²) in [6.45, 7) is 9.93. The van der Waals surface area contributed by atoms with Gasteiger partial charge in [-0.15, -0.1) is 11.3 Å². The van der Waals surface area contributed by atoms with E-state index in [1.54, 1.807) is 11.3 Å². The SMILES string of the molecule is Cc1ncsc1-c1ccc([C@@H](C)N2C[C@H](O)C[C@H]2C(=O)NC(=O)[C@@H](N)C(C)(C)C)cc1. The molecule has 0 radical (unpaired) electrons. The van der Waals surface area contributed by atoms with Crippen molar-refractivity contribution >= 4 is 23.2 Å². The standard InChI is InChI=1S/C23H32N4O3S/c1-13-19(31-12-25-13)16-8-6-15(7-9-16)14(2)27-11-17(28)10-18(27)21(29)26-22(30)20(24)23(3,4)5/h6-9,12,14,17-18,20,28H,10-11,24H2,1-5H3,(H,26,29,30)/t14-,17-,18+,20-/m1/s1. The molecular weight excluding hydrogens is 412 g/mol. The van der Waals surface area contributed by atoms with Gasteiger partial charge in [-0.2, -0.15) is 0 Å². The Hall–Kier alpha value is -2.13. The lowest BCUT2D eigenvalue weighted by Gasteiger charge is -2.31. The molecule has 2 amide bonds. The minimum atomic E-state index is -0.795. The van der Waals surface area contributed by atoms with E-state index >= 15 is 0 Å². The third-order valence-corrected chi connectivity index (χ3v) is 6.96. The first-order valence-electron chi connectivity index (χ1n) is 10.5. The van der Waals surface area contributed by atoms with E-state index in [2.05, 4.69) is 22.4 Å². The van der Waals surface area contributed by atoms with Crippen LogP contribution < -0.4 is 11.1 Å². The molecule has 2 heterocycles. The van der Waals surface area contributed by atoms with Gasteiger partial charge < -0.3 is 10.8 Å². The first kappa shape index (κ1) is 23.5. The molecule has 1 aromatic carbocycles. The normalized spacial score (nSPS) is 21.6. The maximum Gasteiger partial charge on any atom is 0.244 e. The lowest BCUT2D eigenvalue weighted by atomic mass is 9.87. The van der Waals surface area contributed by atoms with Gasteiger partial charge in [-0.25, -0.2) is 4.98 Å². The average molecular weight is 445 g/mol. The molecule has 4 N–H and O–H groups in total. The topological polar surface area (TPSA) is 109 Å². The van der Waals surface area contributed by atoms with Crippen molar-refractivity contribution < 1.29 is 14.7 Å². The van der Waals surface area contributed by atoms with Gasteiger partial charge in [0.2, 0.25) is 11.8 Å². The van der Waals surface area contributed by atoms with E-state index in [1.165, 1.54) is 0 Å². The Morgan fingerprint density at radius 2 is 1.94 bits per heavy atom. The second kappa shape index (κ2) is 9.16. The molecule has 3 rings (SSSR count). The summed E-state index contributed by atoms with van der Waals surface area (Å²) < 4.78 is 0. The van der Waals surface area contributed by atoms with E-state index < -0.39 is 35.4 Å². The summed E-state index contributed by atoms with van der Waals surface area (Å²) in [7, 11) is 0. The number of nitrogens with two attached hydrogens (primary N) is 1. The number of carbonyl (C=O) groups is 2. The van der Waals surface area contributed by atoms with Crippen LogP contribution in [0.5, 0.6) is 0 Å². The highest BCUT2D eigenvalue weighted by atomic mass is 32.1. The number of hydrogen-bond donors (Lipinski definition) is 3. The third kappa shape index (κ3) is 5.20. The molecule has 0 spiro atoms. The van der Waals surface area contributed by atoms with Crippen molar-refractivity contribution in [3.8, 4) is 10.4 Å². The number of imide groups is 1. The number of amides is 2. The maximum absolute atomic E-state index is 12.9. The third-order valence-electron chi connectivity index (χ3n) is 5.98. The predicted molar refractivity (Wildman–Crippen MR) is 122 cm³/mol. The van der Waals surface area contributed by atoms with Gasteiger partial charge in [-0.1, -0.05) is 45.0 Å².